The van der Waals surface area contributed by atoms with Gasteiger partial charge in [-0.3, -0.25) is 0 Å². The molecule has 3 rings (SSSR count). The molecule has 0 N–H and O–H groups in total. The van der Waals surface area contributed by atoms with Gasteiger partial charge in [-0.25, -0.2) is 0 Å². The summed E-state index contributed by atoms with van der Waals surface area (Å²) in [5.41, 5.74) is 4.33. The van der Waals surface area contributed by atoms with Crippen molar-refractivity contribution in [3.8, 4) is 0 Å². The van der Waals surface area contributed by atoms with Crippen LogP contribution >= 0.6 is 0 Å². The van der Waals surface area contributed by atoms with E-state index in [1.54, 1.807) is 7.16 Å². The number of rotatable bonds is 0. The summed E-state index contributed by atoms with van der Waals surface area (Å²) in [7, 11) is 0. The average molecular weight is 341 g/mol. The number of hydrogen-bond acceptors (Lipinski definition) is 0. The van der Waals surface area contributed by atoms with Crippen LogP contribution < -0.4 is 7.16 Å². The molecular weight excluding hydrogens is 323 g/mol. The van der Waals surface area contributed by atoms with Crippen molar-refractivity contribution >= 4 is 37.7 Å². The summed E-state index contributed by atoms with van der Waals surface area (Å²) >= 11 is -2.43. The van der Waals surface area contributed by atoms with Crippen LogP contribution in [0, 0.1) is 6.92 Å². The van der Waals surface area contributed by atoms with Crippen LogP contribution in [0.5, 0.6) is 0 Å². The molecule has 1 heterocycles. The Morgan fingerprint density at radius 3 is 2.28 bits per heavy atom. The Labute approximate surface area is 113 Å². The third-order valence-electron chi connectivity index (χ3n) is 4.01. The first-order valence-corrected chi connectivity index (χ1v) is 15.0. The van der Waals surface area contributed by atoms with Crippen LogP contribution in [0.15, 0.2) is 42.5 Å². The molecule has 0 fully saturated rings. The third kappa shape index (κ3) is 1.74. The Morgan fingerprint density at radius 2 is 1.44 bits per heavy atom. The molecule has 2 aromatic carbocycles. The fourth-order valence-corrected chi connectivity index (χ4v) is 13.6. The molecule has 0 radical (unpaired) electrons. The van der Waals surface area contributed by atoms with Gasteiger partial charge in [-0.1, -0.05) is 0 Å². The van der Waals surface area contributed by atoms with Crippen LogP contribution in [0.3, 0.4) is 0 Å². The Bertz CT molecular complexity index is 636. The average Bonchev–Trinajstić information content (AvgIpc) is 2.46. The molecule has 0 amide bonds. The van der Waals surface area contributed by atoms with Gasteiger partial charge in [0.2, 0.25) is 0 Å². The fraction of sp³-hybridized carbons (Fsp3) is 0.176. The van der Waals surface area contributed by atoms with Crippen molar-refractivity contribution in [2.24, 2.45) is 0 Å². The molecule has 18 heavy (non-hydrogen) atoms. The SMILES string of the molecule is Cc1cccc2[c]1[Sn]([CH3])([CH3])[c]1ccccc1C=C2. The summed E-state index contributed by atoms with van der Waals surface area (Å²) in [6, 6.07) is 15.6. The molecule has 2 aromatic rings. The minimum atomic E-state index is -2.43. The predicted molar refractivity (Wildman–Crippen MR) is 83.3 cm³/mol. The van der Waals surface area contributed by atoms with Gasteiger partial charge in [0, 0.05) is 0 Å². The summed E-state index contributed by atoms with van der Waals surface area (Å²) in [4.78, 5) is 5.07. The van der Waals surface area contributed by atoms with E-state index in [-0.39, 0.29) is 0 Å². The monoisotopic (exact) mass is 342 g/mol. The van der Waals surface area contributed by atoms with E-state index < -0.39 is 18.4 Å². The molecule has 0 nitrogen and oxygen atoms in total. The van der Waals surface area contributed by atoms with E-state index in [2.05, 4.69) is 71.4 Å². The molecule has 0 aromatic heterocycles. The van der Waals surface area contributed by atoms with E-state index >= 15 is 0 Å². The van der Waals surface area contributed by atoms with Crippen molar-refractivity contribution in [3.63, 3.8) is 0 Å². The van der Waals surface area contributed by atoms with Gasteiger partial charge in [0.1, 0.15) is 0 Å². The topological polar surface area (TPSA) is 0 Å². The molecule has 0 bridgehead atoms. The minimum absolute atomic E-state index is 1.42. The summed E-state index contributed by atoms with van der Waals surface area (Å²) < 4.78 is 3.28. The summed E-state index contributed by atoms with van der Waals surface area (Å²) in [6.45, 7) is 2.26. The molecule has 0 aliphatic carbocycles. The Hall–Kier alpha value is -1.02. The van der Waals surface area contributed by atoms with Crippen molar-refractivity contribution in [2.75, 3.05) is 0 Å². The summed E-state index contributed by atoms with van der Waals surface area (Å²) in [6.07, 6.45) is 4.59. The van der Waals surface area contributed by atoms with Gasteiger partial charge < -0.3 is 0 Å². The molecule has 1 heteroatoms. The standard InChI is InChI=1S/C15H12.2CH3.Sn/c1-13-6-5-9-15(12-13)11-10-14-7-3-2-4-8-14;;;/h2-7,9-11H,1H3;2*1H3;. The number of aryl methyl sites for hydroxylation is 1. The molecule has 1 aliphatic heterocycles. The molecular formula is C17H18Sn. The number of hydrogen-bond donors (Lipinski definition) is 0. The van der Waals surface area contributed by atoms with E-state index in [0.29, 0.717) is 0 Å². The third-order valence-corrected chi connectivity index (χ3v) is 14.7. The van der Waals surface area contributed by atoms with Crippen LogP contribution in [0.1, 0.15) is 16.7 Å². The molecule has 0 saturated heterocycles. The second-order valence-corrected chi connectivity index (χ2v) is 17.8. The molecule has 0 spiro atoms. The maximum atomic E-state index is 2.53. The van der Waals surface area contributed by atoms with Crippen LogP contribution in [0.2, 0.25) is 9.88 Å². The van der Waals surface area contributed by atoms with Gasteiger partial charge in [0.15, 0.2) is 0 Å². The van der Waals surface area contributed by atoms with Gasteiger partial charge in [-0.15, -0.1) is 0 Å². The quantitative estimate of drug-likeness (QED) is 0.645. The maximum absolute atomic E-state index is 2.53. The van der Waals surface area contributed by atoms with Crippen LogP contribution in [0.4, 0.5) is 0 Å². The van der Waals surface area contributed by atoms with E-state index in [1.807, 2.05) is 0 Å². The van der Waals surface area contributed by atoms with E-state index in [1.165, 1.54) is 16.7 Å². The van der Waals surface area contributed by atoms with Crippen LogP contribution in [-0.4, -0.2) is 18.4 Å². The fourth-order valence-electron chi connectivity index (χ4n) is 3.21. The van der Waals surface area contributed by atoms with Gasteiger partial charge >= 0.3 is 114 Å². The Kier molecular flexibility index (Phi) is 2.85. The summed E-state index contributed by atoms with van der Waals surface area (Å²) in [5.74, 6) is 0. The first-order valence-electron chi connectivity index (χ1n) is 6.48. The predicted octanol–water partition coefficient (Wildman–Crippen LogP) is 3.30. The zero-order valence-corrected chi connectivity index (χ0v) is 14.1. The number of fused-ring (bicyclic) bond motifs is 2. The molecule has 90 valence electrons. The van der Waals surface area contributed by atoms with Crippen LogP contribution in [-0.2, 0) is 0 Å². The Morgan fingerprint density at radius 1 is 0.778 bits per heavy atom. The van der Waals surface area contributed by atoms with Crippen molar-refractivity contribution in [1.29, 1.82) is 0 Å². The number of benzene rings is 2. The molecule has 0 unspecified atom stereocenters. The van der Waals surface area contributed by atoms with Crippen LogP contribution in [0.25, 0.3) is 12.2 Å². The zero-order valence-electron chi connectivity index (χ0n) is 11.2. The van der Waals surface area contributed by atoms with Crippen molar-refractivity contribution in [3.05, 3.63) is 59.2 Å². The zero-order chi connectivity index (χ0) is 12.8. The van der Waals surface area contributed by atoms with Gasteiger partial charge in [0.05, 0.1) is 0 Å². The second-order valence-electron chi connectivity index (χ2n) is 5.58. The molecule has 0 saturated carbocycles. The first-order chi connectivity index (χ1) is 8.60. The van der Waals surface area contributed by atoms with E-state index in [4.69, 9.17) is 0 Å². The van der Waals surface area contributed by atoms with E-state index in [9.17, 15) is 0 Å². The van der Waals surface area contributed by atoms with Crippen molar-refractivity contribution in [2.45, 2.75) is 16.8 Å². The normalized spacial score (nSPS) is 15.7. The molecule has 0 atom stereocenters. The Balaban J connectivity index is 2.38. The first kappa shape index (κ1) is 12.0. The van der Waals surface area contributed by atoms with Crippen molar-refractivity contribution in [1.82, 2.24) is 0 Å². The van der Waals surface area contributed by atoms with Gasteiger partial charge in [-0.2, -0.15) is 0 Å². The van der Waals surface area contributed by atoms with E-state index in [0.717, 1.165) is 0 Å². The van der Waals surface area contributed by atoms with Crippen molar-refractivity contribution < 1.29 is 0 Å². The van der Waals surface area contributed by atoms with Gasteiger partial charge in [-0.05, 0) is 0 Å². The second kappa shape index (κ2) is 4.27. The summed E-state index contributed by atoms with van der Waals surface area (Å²) in [5, 5.41) is 0. The molecule has 1 aliphatic rings. The van der Waals surface area contributed by atoms with Gasteiger partial charge in [0.25, 0.3) is 0 Å².